The number of para-hydroxylation sites is 1. The smallest absolute Gasteiger partial charge is 0.282 e. The molecule has 1 aliphatic rings. The van der Waals surface area contributed by atoms with Crippen LogP contribution < -0.4 is 5.32 Å². The molecule has 0 radical (unpaired) electrons. The molecule has 0 aliphatic carbocycles. The Bertz CT molecular complexity index is 968. The molecule has 3 rings (SSSR count). The second kappa shape index (κ2) is 7.85. The van der Waals surface area contributed by atoms with E-state index in [2.05, 4.69) is 5.32 Å². The van der Waals surface area contributed by atoms with Crippen molar-refractivity contribution in [3.63, 3.8) is 0 Å². The van der Waals surface area contributed by atoms with Crippen LogP contribution in [0.3, 0.4) is 0 Å². The topological polar surface area (TPSA) is 110 Å². The van der Waals surface area contributed by atoms with Gasteiger partial charge in [0.15, 0.2) is 0 Å². The van der Waals surface area contributed by atoms with Gasteiger partial charge in [-0.15, -0.1) is 0 Å². The molecule has 0 bridgehead atoms. The molecule has 0 unspecified atom stereocenters. The number of nitrogens with zero attached hydrogens (tertiary/aromatic N) is 2. The lowest BCUT2D eigenvalue weighted by atomic mass is 10.1. The normalized spacial score (nSPS) is 15.3. The van der Waals surface area contributed by atoms with E-state index in [9.17, 15) is 23.3 Å². The van der Waals surface area contributed by atoms with Crippen LogP contribution in [-0.4, -0.2) is 36.6 Å². The van der Waals surface area contributed by atoms with Crippen molar-refractivity contribution in [1.29, 1.82) is 0 Å². The third-order valence-electron chi connectivity index (χ3n) is 4.39. The first kappa shape index (κ1) is 19.0. The van der Waals surface area contributed by atoms with E-state index in [1.54, 1.807) is 6.07 Å². The first-order valence-electron chi connectivity index (χ1n) is 8.54. The molecule has 0 saturated carbocycles. The number of nitro groups is 1. The Morgan fingerprint density at radius 2 is 1.74 bits per heavy atom. The Hall–Kier alpha value is -2.78. The SMILES string of the molecule is O=C(Nc1cccc(S(=O)(=O)N2CCCCC2)c1)c1ccccc1[N+](=O)[O-]. The minimum Gasteiger partial charge on any atom is -0.322 e. The van der Waals surface area contributed by atoms with Crippen LogP contribution in [0.15, 0.2) is 53.4 Å². The van der Waals surface area contributed by atoms with Gasteiger partial charge in [-0.25, -0.2) is 8.42 Å². The monoisotopic (exact) mass is 389 g/mol. The molecule has 1 amide bonds. The third-order valence-corrected chi connectivity index (χ3v) is 6.28. The zero-order chi connectivity index (χ0) is 19.4. The minimum absolute atomic E-state index is 0.0877. The van der Waals surface area contributed by atoms with E-state index in [-0.39, 0.29) is 21.8 Å². The standard InChI is InChI=1S/C18H19N3O5S/c22-18(16-9-2-3-10-17(16)21(23)24)19-14-7-6-8-15(13-14)27(25,26)20-11-4-1-5-12-20/h2-3,6-10,13H,1,4-5,11-12H2,(H,19,22). The molecule has 9 heteroatoms. The lowest BCUT2D eigenvalue weighted by Gasteiger charge is -2.26. The van der Waals surface area contributed by atoms with Gasteiger partial charge in [-0.3, -0.25) is 14.9 Å². The van der Waals surface area contributed by atoms with Gasteiger partial charge >= 0.3 is 0 Å². The maximum atomic E-state index is 12.8. The van der Waals surface area contributed by atoms with E-state index in [0.717, 1.165) is 19.3 Å². The molecule has 2 aromatic rings. The van der Waals surface area contributed by atoms with Crippen molar-refractivity contribution in [2.24, 2.45) is 0 Å². The predicted octanol–water partition coefficient (Wildman–Crippen LogP) is 3.02. The number of piperidine rings is 1. The van der Waals surface area contributed by atoms with Gasteiger partial charge in [0.25, 0.3) is 11.6 Å². The Labute approximate surface area is 157 Å². The second-order valence-electron chi connectivity index (χ2n) is 6.22. The molecule has 0 aromatic heterocycles. The fourth-order valence-corrected chi connectivity index (χ4v) is 4.58. The van der Waals surface area contributed by atoms with Crippen molar-refractivity contribution in [1.82, 2.24) is 4.31 Å². The molecule has 1 aliphatic heterocycles. The molecular weight excluding hydrogens is 370 g/mol. The number of nitrogens with one attached hydrogen (secondary N) is 1. The maximum absolute atomic E-state index is 12.8. The van der Waals surface area contributed by atoms with Crippen molar-refractivity contribution in [2.75, 3.05) is 18.4 Å². The van der Waals surface area contributed by atoms with Crippen molar-refractivity contribution < 1.29 is 18.1 Å². The number of hydrogen-bond donors (Lipinski definition) is 1. The highest BCUT2D eigenvalue weighted by Crippen LogP contribution is 2.24. The summed E-state index contributed by atoms with van der Waals surface area (Å²) in [6, 6.07) is 11.5. The highest BCUT2D eigenvalue weighted by atomic mass is 32.2. The summed E-state index contributed by atoms with van der Waals surface area (Å²) < 4.78 is 27.0. The molecule has 8 nitrogen and oxygen atoms in total. The van der Waals surface area contributed by atoms with Crippen molar-refractivity contribution in [2.45, 2.75) is 24.2 Å². The zero-order valence-corrected chi connectivity index (χ0v) is 15.3. The summed E-state index contributed by atoms with van der Waals surface area (Å²) in [7, 11) is -3.63. The van der Waals surface area contributed by atoms with Gasteiger partial charge in [0.2, 0.25) is 10.0 Å². The van der Waals surface area contributed by atoms with Gasteiger partial charge in [0.05, 0.1) is 9.82 Å². The van der Waals surface area contributed by atoms with Crippen LogP contribution >= 0.6 is 0 Å². The largest absolute Gasteiger partial charge is 0.322 e. The summed E-state index contributed by atoms with van der Waals surface area (Å²) in [5.41, 5.74) is -0.143. The Morgan fingerprint density at radius 3 is 2.44 bits per heavy atom. The molecule has 2 aromatic carbocycles. The number of amides is 1. The number of anilines is 1. The third kappa shape index (κ3) is 4.15. The van der Waals surface area contributed by atoms with Crippen LogP contribution in [0.2, 0.25) is 0 Å². The quantitative estimate of drug-likeness (QED) is 0.624. The molecule has 1 fully saturated rings. The van der Waals surface area contributed by atoms with Crippen molar-refractivity contribution >= 4 is 27.3 Å². The molecular formula is C18H19N3O5S. The number of nitro benzene ring substituents is 1. The molecule has 0 spiro atoms. The van der Waals surface area contributed by atoms with Gasteiger partial charge in [-0.05, 0) is 37.1 Å². The molecule has 0 atom stereocenters. The minimum atomic E-state index is -3.63. The number of sulfonamides is 1. The van der Waals surface area contributed by atoms with E-state index >= 15 is 0 Å². The highest BCUT2D eigenvalue weighted by molar-refractivity contribution is 7.89. The second-order valence-corrected chi connectivity index (χ2v) is 8.16. The van der Waals surface area contributed by atoms with E-state index in [4.69, 9.17) is 0 Å². The summed E-state index contributed by atoms with van der Waals surface area (Å²) in [6.07, 6.45) is 2.67. The summed E-state index contributed by atoms with van der Waals surface area (Å²) in [5.74, 6) is -0.671. The van der Waals surface area contributed by atoms with Gasteiger partial charge in [-0.2, -0.15) is 4.31 Å². The Balaban J connectivity index is 1.84. The lowest BCUT2D eigenvalue weighted by Crippen LogP contribution is -2.35. The van der Waals surface area contributed by atoms with Crippen LogP contribution in [0.25, 0.3) is 0 Å². The van der Waals surface area contributed by atoms with E-state index < -0.39 is 20.9 Å². The number of rotatable bonds is 5. The van der Waals surface area contributed by atoms with E-state index in [1.807, 2.05) is 0 Å². The van der Waals surface area contributed by atoms with Crippen LogP contribution in [0.4, 0.5) is 11.4 Å². The number of carbonyl (C=O) groups is 1. The van der Waals surface area contributed by atoms with Gasteiger partial charge in [0, 0.05) is 24.8 Å². The van der Waals surface area contributed by atoms with E-state index in [1.165, 1.54) is 46.8 Å². The average Bonchev–Trinajstić information content (AvgIpc) is 2.69. The fraction of sp³-hybridized carbons (Fsp3) is 0.278. The van der Waals surface area contributed by atoms with Gasteiger partial charge in [-0.1, -0.05) is 24.6 Å². The lowest BCUT2D eigenvalue weighted by molar-refractivity contribution is -0.385. The Kier molecular flexibility index (Phi) is 5.52. The average molecular weight is 389 g/mol. The van der Waals surface area contributed by atoms with Crippen molar-refractivity contribution in [3.05, 3.63) is 64.2 Å². The van der Waals surface area contributed by atoms with E-state index in [0.29, 0.717) is 13.1 Å². The molecule has 1 heterocycles. The van der Waals surface area contributed by atoms with Crippen LogP contribution in [0, 0.1) is 10.1 Å². The Morgan fingerprint density at radius 1 is 1.04 bits per heavy atom. The van der Waals surface area contributed by atoms with Crippen LogP contribution in [0.1, 0.15) is 29.6 Å². The number of benzene rings is 2. The van der Waals surface area contributed by atoms with Crippen LogP contribution in [-0.2, 0) is 10.0 Å². The number of carbonyl (C=O) groups excluding carboxylic acids is 1. The summed E-state index contributed by atoms with van der Waals surface area (Å²) in [4.78, 5) is 23.0. The maximum Gasteiger partial charge on any atom is 0.282 e. The molecule has 142 valence electrons. The fourth-order valence-electron chi connectivity index (χ4n) is 3.01. The van der Waals surface area contributed by atoms with Gasteiger partial charge in [0.1, 0.15) is 5.56 Å². The van der Waals surface area contributed by atoms with Crippen LogP contribution in [0.5, 0.6) is 0 Å². The first-order chi connectivity index (χ1) is 12.9. The molecule has 1 saturated heterocycles. The summed E-state index contributed by atoms with van der Waals surface area (Å²) >= 11 is 0. The summed E-state index contributed by atoms with van der Waals surface area (Å²) in [5, 5.41) is 13.6. The number of hydrogen-bond acceptors (Lipinski definition) is 5. The molecule has 27 heavy (non-hydrogen) atoms. The predicted molar refractivity (Wildman–Crippen MR) is 100 cm³/mol. The van der Waals surface area contributed by atoms with Crippen molar-refractivity contribution in [3.8, 4) is 0 Å². The summed E-state index contributed by atoms with van der Waals surface area (Å²) in [6.45, 7) is 0.963. The highest BCUT2D eigenvalue weighted by Gasteiger charge is 2.26. The zero-order valence-electron chi connectivity index (χ0n) is 14.5. The van der Waals surface area contributed by atoms with Gasteiger partial charge < -0.3 is 5.32 Å². The molecule has 1 N–H and O–H groups in total. The first-order valence-corrected chi connectivity index (χ1v) is 9.98.